The van der Waals surface area contributed by atoms with Gasteiger partial charge in [-0.25, -0.2) is 0 Å². The Balaban J connectivity index is 1.33. The van der Waals surface area contributed by atoms with E-state index in [1.807, 2.05) is 30.0 Å². The summed E-state index contributed by atoms with van der Waals surface area (Å²) in [7, 11) is 0. The first-order valence-electron chi connectivity index (χ1n) is 9.50. The lowest BCUT2D eigenvalue weighted by Gasteiger charge is -2.23. The molecule has 2 N–H and O–H groups in total. The van der Waals surface area contributed by atoms with Gasteiger partial charge in [0.15, 0.2) is 0 Å². The first-order valence-corrected chi connectivity index (χ1v) is 10.4. The molecular weight excluding hydrogens is 340 g/mol. The fourth-order valence-electron chi connectivity index (χ4n) is 4.03. The maximum Gasteiger partial charge on any atom is 0.228 e. The molecule has 0 bridgehead atoms. The average Bonchev–Trinajstić information content (AvgIpc) is 3.36. The van der Waals surface area contributed by atoms with E-state index in [4.69, 9.17) is 0 Å². The zero-order valence-electron chi connectivity index (χ0n) is 15.2. The normalized spacial score (nSPS) is 22.0. The maximum absolute atomic E-state index is 12.6. The first kappa shape index (κ1) is 17.6. The van der Waals surface area contributed by atoms with Gasteiger partial charge >= 0.3 is 0 Å². The highest BCUT2D eigenvalue weighted by molar-refractivity contribution is 7.99. The van der Waals surface area contributed by atoms with Gasteiger partial charge in [-0.3, -0.25) is 4.79 Å². The molecule has 1 spiro atoms. The molecule has 136 valence electrons. The number of anilines is 1. The summed E-state index contributed by atoms with van der Waals surface area (Å²) >= 11 is 1.85. The minimum absolute atomic E-state index is 0.200. The minimum atomic E-state index is 0.200. The first-order chi connectivity index (χ1) is 12.7. The van der Waals surface area contributed by atoms with E-state index < -0.39 is 0 Å². The molecule has 1 saturated carbocycles. The van der Waals surface area contributed by atoms with Crippen LogP contribution >= 0.6 is 11.8 Å². The number of piperidine rings is 1. The number of carbonyl (C=O) groups is 1. The molecule has 2 aromatic rings. The van der Waals surface area contributed by atoms with Crippen molar-refractivity contribution < 1.29 is 4.79 Å². The van der Waals surface area contributed by atoms with Crippen molar-refractivity contribution in [1.82, 2.24) is 5.32 Å². The second-order valence-electron chi connectivity index (χ2n) is 7.55. The van der Waals surface area contributed by atoms with Crippen LogP contribution in [0.15, 0.2) is 59.5 Å². The summed E-state index contributed by atoms with van der Waals surface area (Å²) in [5.41, 5.74) is 2.47. The van der Waals surface area contributed by atoms with Crippen LogP contribution in [0, 0.1) is 11.3 Å². The number of amides is 1. The van der Waals surface area contributed by atoms with Gasteiger partial charge < -0.3 is 10.6 Å². The van der Waals surface area contributed by atoms with Crippen molar-refractivity contribution in [2.24, 2.45) is 11.3 Å². The molecule has 3 nitrogen and oxygen atoms in total. The van der Waals surface area contributed by atoms with Gasteiger partial charge in [0.2, 0.25) is 5.91 Å². The summed E-state index contributed by atoms with van der Waals surface area (Å²) in [5.74, 6) is 0.406. The molecule has 1 aliphatic heterocycles. The van der Waals surface area contributed by atoms with Crippen LogP contribution in [-0.4, -0.2) is 19.0 Å². The van der Waals surface area contributed by atoms with E-state index in [9.17, 15) is 4.79 Å². The Hall–Kier alpha value is -1.78. The Morgan fingerprint density at radius 1 is 1.12 bits per heavy atom. The zero-order valence-corrected chi connectivity index (χ0v) is 16.0. The molecule has 4 rings (SSSR count). The van der Waals surface area contributed by atoms with E-state index in [2.05, 4.69) is 54.0 Å². The number of benzene rings is 2. The Kier molecular flexibility index (Phi) is 5.05. The van der Waals surface area contributed by atoms with Crippen molar-refractivity contribution in [3.05, 3.63) is 60.2 Å². The van der Waals surface area contributed by atoms with Crippen molar-refractivity contribution in [3.63, 3.8) is 0 Å². The highest BCUT2D eigenvalue weighted by Crippen LogP contribution is 2.58. The van der Waals surface area contributed by atoms with Gasteiger partial charge in [-0.1, -0.05) is 30.3 Å². The molecule has 1 heterocycles. The Bertz CT molecular complexity index is 753. The van der Waals surface area contributed by atoms with Crippen LogP contribution in [-0.2, 0) is 4.79 Å². The van der Waals surface area contributed by atoms with E-state index in [0.29, 0.717) is 5.25 Å². The number of hydrogen-bond acceptors (Lipinski definition) is 3. The van der Waals surface area contributed by atoms with Gasteiger partial charge in [0.1, 0.15) is 0 Å². The molecule has 4 heteroatoms. The van der Waals surface area contributed by atoms with Gasteiger partial charge in [-0.2, -0.15) is 0 Å². The smallest absolute Gasteiger partial charge is 0.228 e. The second kappa shape index (κ2) is 7.45. The summed E-state index contributed by atoms with van der Waals surface area (Å²) in [4.78, 5) is 13.8. The molecule has 2 atom stereocenters. The summed E-state index contributed by atoms with van der Waals surface area (Å²) in [6, 6.07) is 18.8. The van der Waals surface area contributed by atoms with E-state index in [0.717, 1.165) is 38.0 Å². The third-order valence-electron chi connectivity index (χ3n) is 5.81. The molecule has 1 saturated heterocycles. The number of thioether (sulfide) groups is 1. The predicted molar refractivity (Wildman–Crippen MR) is 108 cm³/mol. The van der Waals surface area contributed by atoms with Crippen molar-refractivity contribution in [2.75, 3.05) is 18.4 Å². The molecule has 1 amide bonds. The number of rotatable bonds is 5. The fourth-order valence-corrected chi connectivity index (χ4v) is 5.05. The molecular formula is C22H26N2OS. The lowest BCUT2D eigenvalue weighted by molar-refractivity contribution is -0.118. The predicted octanol–water partition coefficient (Wildman–Crippen LogP) is 4.87. The van der Waals surface area contributed by atoms with Crippen LogP contribution in [0.1, 0.15) is 37.0 Å². The standard InChI is InChI=1S/C22H26N2OS/c1-16(26-19-5-3-2-4-6-19)17-7-9-18(10-8-17)24-21(25)20-15-22(20)11-13-23-14-12-22/h2-10,16,20,23H,11-15H2,1H3,(H,24,25). The number of nitrogens with one attached hydrogen (secondary N) is 2. The second-order valence-corrected chi connectivity index (χ2v) is 8.97. The lowest BCUT2D eigenvalue weighted by Crippen LogP contribution is -2.31. The Labute approximate surface area is 160 Å². The molecule has 2 fully saturated rings. The molecule has 2 unspecified atom stereocenters. The summed E-state index contributed by atoms with van der Waals surface area (Å²) < 4.78 is 0. The van der Waals surface area contributed by atoms with Crippen LogP contribution in [0.2, 0.25) is 0 Å². The van der Waals surface area contributed by atoms with Crippen molar-refractivity contribution in [1.29, 1.82) is 0 Å². The molecule has 2 aliphatic rings. The van der Waals surface area contributed by atoms with Gasteiger partial charge in [0.25, 0.3) is 0 Å². The number of hydrogen-bond donors (Lipinski definition) is 2. The van der Waals surface area contributed by atoms with Gasteiger partial charge in [0.05, 0.1) is 0 Å². The SMILES string of the molecule is CC(Sc1ccccc1)c1ccc(NC(=O)C2CC23CCNCC3)cc1. The molecule has 26 heavy (non-hydrogen) atoms. The molecule has 1 aliphatic carbocycles. The summed E-state index contributed by atoms with van der Waals surface area (Å²) in [6.45, 7) is 4.32. The molecule has 2 aromatic carbocycles. The van der Waals surface area contributed by atoms with E-state index in [1.165, 1.54) is 10.5 Å². The Morgan fingerprint density at radius 2 is 1.81 bits per heavy atom. The largest absolute Gasteiger partial charge is 0.326 e. The molecule has 0 radical (unpaired) electrons. The van der Waals surface area contributed by atoms with E-state index in [-0.39, 0.29) is 17.2 Å². The summed E-state index contributed by atoms with van der Waals surface area (Å²) in [6.07, 6.45) is 3.33. The quantitative estimate of drug-likeness (QED) is 0.742. The van der Waals surface area contributed by atoms with Gasteiger partial charge in [-0.05, 0) is 74.5 Å². The highest BCUT2D eigenvalue weighted by Gasteiger charge is 2.57. The maximum atomic E-state index is 12.6. The monoisotopic (exact) mass is 366 g/mol. The van der Waals surface area contributed by atoms with Crippen molar-refractivity contribution in [2.45, 2.75) is 36.3 Å². The third-order valence-corrected chi connectivity index (χ3v) is 6.98. The van der Waals surface area contributed by atoms with Crippen molar-refractivity contribution >= 4 is 23.4 Å². The zero-order chi connectivity index (χ0) is 18.0. The summed E-state index contributed by atoms with van der Waals surface area (Å²) in [5, 5.41) is 6.89. The average molecular weight is 367 g/mol. The fraction of sp³-hybridized carbons (Fsp3) is 0.409. The molecule has 0 aromatic heterocycles. The number of carbonyl (C=O) groups excluding carboxylic acids is 1. The van der Waals surface area contributed by atoms with Crippen LogP contribution < -0.4 is 10.6 Å². The highest BCUT2D eigenvalue weighted by atomic mass is 32.2. The topological polar surface area (TPSA) is 41.1 Å². The van der Waals surface area contributed by atoms with Crippen LogP contribution in [0.25, 0.3) is 0 Å². The third kappa shape index (κ3) is 3.81. The van der Waals surface area contributed by atoms with Crippen LogP contribution in [0.3, 0.4) is 0 Å². The van der Waals surface area contributed by atoms with Gasteiger partial charge in [0, 0.05) is 21.8 Å². The minimum Gasteiger partial charge on any atom is -0.326 e. The van der Waals surface area contributed by atoms with Crippen LogP contribution in [0.4, 0.5) is 5.69 Å². The van der Waals surface area contributed by atoms with Crippen LogP contribution in [0.5, 0.6) is 0 Å². The van der Waals surface area contributed by atoms with Gasteiger partial charge in [-0.15, -0.1) is 11.8 Å². The Morgan fingerprint density at radius 3 is 2.50 bits per heavy atom. The van der Waals surface area contributed by atoms with E-state index in [1.54, 1.807) is 0 Å². The van der Waals surface area contributed by atoms with Crippen molar-refractivity contribution in [3.8, 4) is 0 Å². The van der Waals surface area contributed by atoms with E-state index >= 15 is 0 Å². The lowest BCUT2D eigenvalue weighted by atomic mass is 9.92.